The maximum Gasteiger partial charge on any atom is 0.261 e. The molecule has 0 amide bonds. The van der Waals surface area contributed by atoms with Crippen molar-refractivity contribution < 1.29 is 13.2 Å². The fourth-order valence-electron chi connectivity index (χ4n) is 3.39. The predicted molar refractivity (Wildman–Crippen MR) is 110 cm³/mol. The van der Waals surface area contributed by atoms with Gasteiger partial charge < -0.3 is 9.64 Å². The van der Waals surface area contributed by atoms with Crippen LogP contribution in [0, 0.1) is 0 Å². The van der Waals surface area contributed by atoms with Gasteiger partial charge in [0.2, 0.25) is 0 Å². The average molecular weight is 389 g/mol. The number of nitrogens with one attached hydrogen (secondary N) is 1. The molecule has 3 rings (SSSR count). The molecule has 0 unspecified atom stereocenters. The smallest absolute Gasteiger partial charge is 0.261 e. The molecule has 6 heteroatoms. The minimum atomic E-state index is -3.61. The molecule has 27 heavy (non-hydrogen) atoms. The highest BCUT2D eigenvalue weighted by Crippen LogP contribution is 2.31. The maximum absolute atomic E-state index is 12.8. The molecule has 1 aliphatic rings. The Morgan fingerprint density at radius 1 is 1.15 bits per heavy atom. The largest absolute Gasteiger partial charge is 0.383 e. The number of methoxy groups -OCH3 is 1. The molecular weight excluding hydrogens is 360 g/mol. The van der Waals surface area contributed by atoms with Crippen molar-refractivity contribution in [1.82, 2.24) is 0 Å². The van der Waals surface area contributed by atoms with Gasteiger partial charge in [0, 0.05) is 25.9 Å². The third-order valence-corrected chi connectivity index (χ3v) is 6.37. The summed E-state index contributed by atoms with van der Waals surface area (Å²) < 4.78 is 33.4. The first kappa shape index (κ1) is 19.7. The van der Waals surface area contributed by atoms with Crippen LogP contribution in [0.3, 0.4) is 0 Å². The number of fused-ring (bicyclic) bond motifs is 1. The second-order valence-electron chi connectivity index (χ2n) is 7.26. The van der Waals surface area contributed by atoms with Crippen LogP contribution in [0.1, 0.15) is 37.3 Å². The summed E-state index contributed by atoms with van der Waals surface area (Å²) in [7, 11) is -1.92. The first-order valence-corrected chi connectivity index (χ1v) is 10.9. The van der Waals surface area contributed by atoms with Crippen molar-refractivity contribution in [1.29, 1.82) is 0 Å². The number of rotatable bonds is 7. The van der Waals surface area contributed by atoms with Crippen molar-refractivity contribution in [3.63, 3.8) is 0 Å². The van der Waals surface area contributed by atoms with E-state index in [0.717, 1.165) is 37.2 Å². The lowest BCUT2D eigenvalue weighted by Gasteiger charge is -2.31. The van der Waals surface area contributed by atoms with Gasteiger partial charge in [0.25, 0.3) is 10.0 Å². The van der Waals surface area contributed by atoms with Crippen LogP contribution in [0.5, 0.6) is 0 Å². The average Bonchev–Trinajstić information content (AvgIpc) is 2.66. The summed E-state index contributed by atoms with van der Waals surface area (Å²) >= 11 is 0. The topological polar surface area (TPSA) is 58.6 Å². The Bertz CT molecular complexity index is 877. The van der Waals surface area contributed by atoms with Gasteiger partial charge >= 0.3 is 0 Å². The zero-order valence-corrected chi connectivity index (χ0v) is 17.1. The van der Waals surface area contributed by atoms with Gasteiger partial charge in [-0.25, -0.2) is 8.42 Å². The van der Waals surface area contributed by atoms with Crippen molar-refractivity contribution in [2.75, 3.05) is 36.4 Å². The zero-order chi connectivity index (χ0) is 19.4. The Balaban J connectivity index is 1.82. The highest BCUT2D eigenvalue weighted by Gasteiger charge is 2.19. The van der Waals surface area contributed by atoms with E-state index in [0.29, 0.717) is 18.2 Å². The molecule has 0 radical (unpaired) electrons. The quantitative estimate of drug-likeness (QED) is 0.779. The van der Waals surface area contributed by atoms with Gasteiger partial charge in [-0.1, -0.05) is 32.0 Å². The molecule has 0 bridgehead atoms. The molecular formula is C21H28N2O3S. The molecule has 1 heterocycles. The first-order valence-electron chi connectivity index (χ1n) is 9.40. The molecule has 0 spiro atoms. The van der Waals surface area contributed by atoms with E-state index < -0.39 is 10.0 Å². The Morgan fingerprint density at radius 3 is 2.56 bits per heavy atom. The van der Waals surface area contributed by atoms with Crippen LogP contribution in [0.2, 0.25) is 0 Å². The summed E-state index contributed by atoms with van der Waals surface area (Å²) in [5.41, 5.74) is 4.05. The first-order chi connectivity index (χ1) is 12.9. The Kier molecular flexibility index (Phi) is 6.07. The predicted octanol–water partition coefficient (Wildman–Crippen LogP) is 4.01. The molecule has 0 atom stereocenters. The molecule has 0 fully saturated rings. The summed E-state index contributed by atoms with van der Waals surface area (Å²) in [6.45, 7) is 6.59. The van der Waals surface area contributed by atoms with Crippen molar-refractivity contribution in [3.05, 3.63) is 53.6 Å². The minimum absolute atomic E-state index is 0.279. The molecule has 1 N–H and O–H groups in total. The molecule has 0 saturated heterocycles. The SMILES string of the molecule is COCCN1CCCc2ccc(NS(=O)(=O)c3ccc(C(C)C)cc3)cc21. The van der Waals surface area contributed by atoms with Gasteiger partial charge in [-0.05, 0) is 54.2 Å². The lowest BCUT2D eigenvalue weighted by molar-refractivity contribution is 0.205. The number of nitrogens with zero attached hydrogens (tertiary/aromatic N) is 1. The fraction of sp³-hybridized carbons (Fsp3) is 0.429. The van der Waals surface area contributed by atoms with Crippen LogP contribution in [-0.4, -0.2) is 35.2 Å². The van der Waals surface area contributed by atoms with Crippen LogP contribution in [0.25, 0.3) is 0 Å². The number of aryl methyl sites for hydroxylation is 1. The monoisotopic (exact) mass is 388 g/mol. The zero-order valence-electron chi connectivity index (χ0n) is 16.2. The van der Waals surface area contributed by atoms with E-state index in [1.54, 1.807) is 19.2 Å². The van der Waals surface area contributed by atoms with Crippen LogP contribution in [0.4, 0.5) is 11.4 Å². The van der Waals surface area contributed by atoms with E-state index in [9.17, 15) is 8.42 Å². The van der Waals surface area contributed by atoms with Gasteiger partial charge in [-0.3, -0.25) is 4.72 Å². The fourth-order valence-corrected chi connectivity index (χ4v) is 4.44. The number of benzene rings is 2. The highest BCUT2D eigenvalue weighted by atomic mass is 32.2. The molecule has 2 aromatic rings. The second-order valence-corrected chi connectivity index (χ2v) is 8.94. The summed E-state index contributed by atoms with van der Waals surface area (Å²) in [5, 5.41) is 0. The Morgan fingerprint density at radius 2 is 1.89 bits per heavy atom. The van der Waals surface area contributed by atoms with E-state index in [1.807, 2.05) is 30.3 Å². The number of anilines is 2. The standard InChI is InChI=1S/C21H28N2O3S/c1-16(2)17-7-10-20(11-8-17)27(24,25)22-19-9-6-18-5-4-12-23(13-14-26-3)21(18)15-19/h6-11,15-16,22H,4-5,12-14H2,1-3H3. The number of hydrogen-bond acceptors (Lipinski definition) is 4. The van der Waals surface area contributed by atoms with E-state index >= 15 is 0 Å². The lowest BCUT2D eigenvalue weighted by Crippen LogP contribution is -2.32. The van der Waals surface area contributed by atoms with E-state index in [4.69, 9.17) is 4.74 Å². The normalized spacial score (nSPS) is 14.3. The third-order valence-electron chi connectivity index (χ3n) is 4.97. The Labute approximate surface area is 162 Å². The molecule has 5 nitrogen and oxygen atoms in total. The molecule has 0 aromatic heterocycles. The van der Waals surface area contributed by atoms with E-state index in [-0.39, 0.29) is 4.90 Å². The van der Waals surface area contributed by atoms with Crippen molar-refractivity contribution in [3.8, 4) is 0 Å². The van der Waals surface area contributed by atoms with Gasteiger partial charge in [0.15, 0.2) is 0 Å². The summed E-state index contributed by atoms with van der Waals surface area (Å²) in [6, 6.07) is 12.9. The van der Waals surface area contributed by atoms with Gasteiger partial charge in [0.05, 0.1) is 17.2 Å². The maximum atomic E-state index is 12.8. The van der Waals surface area contributed by atoms with Crippen molar-refractivity contribution in [2.24, 2.45) is 0 Å². The molecule has 146 valence electrons. The molecule has 1 aliphatic heterocycles. The van der Waals surface area contributed by atoms with Crippen LogP contribution in [-0.2, 0) is 21.2 Å². The Hall–Kier alpha value is -2.05. The van der Waals surface area contributed by atoms with Crippen LogP contribution < -0.4 is 9.62 Å². The highest BCUT2D eigenvalue weighted by molar-refractivity contribution is 7.92. The second kappa shape index (κ2) is 8.31. The van der Waals surface area contributed by atoms with E-state index in [2.05, 4.69) is 23.5 Å². The summed E-state index contributed by atoms with van der Waals surface area (Å²) in [4.78, 5) is 2.54. The molecule has 0 saturated carbocycles. The van der Waals surface area contributed by atoms with Gasteiger partial charge in [-0.2, -0.15) is 0 Å². The third kappa shape index (κ3) is 4.62. The van der Waals surface area contributed by atoms with Crippen LogP contribution in [0.15, 0.2) is 47.4 Å². The van der Waals surface area contributed by atoms with Gasteiger partial charge in [0.1, 0.15) is 0 Å². The van der Waals surface area contributed by atoms with Gasteiger partial charge in [-0.15, -0.1) is 0 Å². The number of sulfonamides is 1. The molecule has 2 aromatic carbocycles. The molecule has 0 aliphatic carbocycles. The minimum Gasteiger partial charge on any atom is -0.383 e. The number of hydrogen-bond donors (Lipinski definition) is 1. The summed E-state index contributed by atoms with van der Waals surface area (Å²) in [5.74, 6) is 0.369. The van der Waals surface area contributed by atoms with Crippen molar-refractivity contribution >= 4 is 21.4 Å². The number of ether oxygens (including phenoxy) is 1. The lowest BCUT2D eigenvalue weighted by atomic mass is 10.0. The van der Waals surface area contributed by atoms with E-state index in [1.165, 1.54) is 5.56 Å². The summed E-state index contributed by atoms with van der Waals surface area (Å²) in [6.07, 6.45) is 2.12. The van der Waals surface area contributed by atoms with Crippen molar-refractivity contribution in [2.45, 2.75) is 37.5 Å². The van der Waals surface area contributed by atoms with Crippen LogP contribution >= 0.6 is 0 Å².